The van der Waals surface area contributed by atoms with Crippen molar-refractivity contribution in [1.29, 1.82) is 0 Å². The van der Waals surface area contributed by atoms with Gasteiger partial charge in [0, 0.05) is 18.5 Å². The van der Waals surface area contributed by atoms with E-state index in [0.29, 0.717) is 12.0 Å². The average molecular weight is 314 g/mol. The lowest BCUT2D eigenvalue weighted by molar-refractivity contribution is 0.225. The summed E-state index contributed by atoms with van der Waals surface area (Å²) in [5.74, 6) is 0.530. The van der Waals surface area contributed by atoms with Crippen LogP contribution in [0.5, 0.6) is 0 Å². The Morgan fingerprint density at radius 1 is 1.00 bits per heavy atom. The first-order valence-corrected chi connectivity index (χ1v) is 8.71. The van der Waals surface area contributed by atoms with E-state index in [4.69, 9.17) is 11.8 Å². The number of halogens is 1. The highest BCUT2D eigenvalue weighted by Gasteiger charge is 2.28. The van der Waals surface area contributed by atoms with E-state index in [0.717, 1.165) is 13.0 Å². The minimum Gasteiger partial charge on any atom is -0.216 e. The molecule has 1 heterocycles. The zero-order chi connectivity index (χ0) is 15.4. The Hall–Kier alpha value is -1.31. The quantitative estimate of drug-likeness (QED) is 0.639. The Morgan fingerprint density at radius 2 is 1.68 bits per heavy atom. The highest BCUT2D eigenvalue weighted by Crippen LogP contribution is 2.34. The largest absolute Gasteiger partial charge is 0.216 e. The van der Waals surface area contributed by atoms with Gasteiger partial charge in [0.2, 0.25) is 0 Å². The van der Waals surface area contributed by atoms with Crippen LogP contribution >= 0.6 is 11.8 Å². The highest BCUT2D eigenvalue weighted by molar-refractivity contribution is 6.13. The normalized spacial score (nSPS) is 20.7. The lowest BCUT2D eigenvalue weighted by atomic mass is 9.84. The predicted octanol–water partition coefficient (Wildman–Crippen LogP) is 5.86. The fourth-order valence-corrected chi connectivity index (χ4v) is 3.96. The summed E-state index contributed by atoms with van der Waals surface area (Å²) < 4.78 is 2.04. The standard InChI is InChI=1S/C20H24ClN/c1-2-19(20-10-6-7-15-22(20)21)18-13-11-17(12-14-18)16-8-4-3-5-9-16/h3-5,8-9,11-14,19-20H,2,6-7,10,15H2,1H3/t19?,20-/m1/s1. The number of hydrogen-bond donors (Lipinski definition) is 0. The predicted molar refractivity (Wildman–Crippen MR) is 95.1 cm³/mol. The van der Waals surface area contributed by atoms with Gasteiger partial charge in [-0.15, -0.1) is 0 Å². The minimum absolute atomic E-state index is 0.475. The van der Waals surface area contributed by atoms with Crippen LogP contribution in [0.4, 0.5) is 0 Å². The number of hydrogen-bond acceptors (Lipinski definition) is 1. The van der Waals surface area contributed by atoms with Gasteiger partial charge in [0.05, 0.1) is 0 Å². The van der Waals surface area contributed by atoms with E-state index >= 15 is 0 Å². The van der Waals surface area contributed by atoms with Gasteiger partial charge in [-0.1, -0.05) is 67.9 Å². The van der Waals surface area contributed by atoms with Gasteiger partial charge in [-0.05, 0) is 47.7 Å². The van der Waals surface area contributed by atoms with Crippen LogP contribution in [0.2, 0.25) is 0 Å². The molecule has 2 aromatic carbocycles. The van der Waals surface area contributed by atoms with Crippen molar-refractivity contribution in [2.24, 2.45) is 0 Å². The summed E-state index contributed by atoms with van der Waals surface area (Å²) >= 11 is 6.47. The molecule has 22 heavy (non-hydrogen) atoms. The Bertz CT molecular complexity index is 578. The number of benzene rings is 2. The van der Waals surface area contributed by atoms with Crippen LogP contribution < -0.4 is 0 Å². The molecule has 1 aliphatic rings. The van der Waals surface area contributed by atoms with E-state index in [1.807, 2.05) is 4.42 Å². The number of rotatable bonds is 4. The third kappa shape index (κ3) is 3.37. The molecule has 2 atom stereocenters. The first-order valence-electron chi connectivity index (χ1n) is 8.37. The summed E-state index contributed by atoms with van der Waals surface area (Å²) in [5.41, 5.74) is 3.98. The SMILES string of the molecule is CCC(c1ccc(-c2ccccc2)cc1)[C@H]1CCCCN1Cl. The molecule has 0 spiro atoms. The maximum atomic E-state index is 6.47. The van der Waals surface area contributed by atoms with Crippen molar-refractivity contribution in [2.75, 3.05) is 6.54 Å². The molecular formula is C20H24ClN. The monoisotopic (exact) mass is 313 g/mol. The van der Waals surface area contributed by atoms with Crippen LogP contribution in [-0.2, 0) is 0 Å². The molecule has 2 aromatic rings. The summed E-state index contributed by atoms with van der Waals surface area (Å²) in [4.78, 5) is 0. The summed E-state index contributed by atoms with van der Waals surface area (Å²) in [6.07, 6.45) is 4.87. The van der Waals surface area contributed by atoms with Gasteiger partial charge in [-0.2, -0.15) is 0 Å². The minimum atomic E-state index is 0.475. The van der Waals surface area contributed by atoms with Crippen molar-refractivity contribution >= 4 is 11.8 Å². The van der Waals surface area contributed by atoms with Crippen LogP contribution in [-0.4, -0.2) is 17.0 Å². The molecule has 1 saturated heterocycles. The Balaban J connectivity index is 1.81. The van der Waals surface area contributed by atoms with Crippen LogP contribution in [0.15, 0.2) is 54.6 Å². The summed E-state index contributed by atoms with van der Waals surface area (Å²) in [6, 6.07) is 20.1. The van der Waals surface area contributed by atoms with Crippen LogP contribution in [0.25, 0.3) is 11.1 Å². The topological polar surface area (TPSA) is 3.24 Å². The van der Waals surface area contributed by atoms with Gasteiger partial charge < -0.3 is 0 Å². The molecule has 3 rings (SSSR count). The van der Waals surface area contributed by atoms with E-state index in [9.17, 15) is 0 Å². The molecule has 1 aliphatic heterocycles. The molecule has 1 fully saturated rings. The third-order valence-electron chi connectivity index (χ3n) is 4.83. The van der Waals surface area contributed by atoms with Crippen LogP contribution in [0.3, 0.4) is 0 Å². The molecule has 0 N–H and O–H groups in total. The fraction of sp³-hybridized carbons (Fsp3) is 0.400. The van der Waals surface area contributed by atoms with Gasteiger partial charge in [-0.3, -0.25) is 0 Å². The first-order chi connectivity index (χ1) is 10.8. The molecule has 1 unspecified atom stereocenters. The Kier molecular flexibility index (Phi) is 5.17. The molecular weight excluding hydrogens is 290 g/mol. The van der Waals surface area contributed by atoms with E-state index in [2.05, 4.69) is 61.5 Å². The zero-order valence-electron chi connectivity index (χ0n) is 13.2. The molecule has 0 aliphatic carbocycles. The molecule has 0 radical (unpaired) electrons. The van der Waals surface area contributed by atoms with Gasteiger partial charge >= 0.3 is 0 Å². The molecule has 116 valence electrons. The van der Waals surface area contributed by atoms with Gasteiger partial charge in [0.1, 0.15) is 0 Å². The lowest BCUT2D eigenvalue weighted by Gasteiger charge is -2.36. The molecule has 1 nitrogen and oxygen atoms in total. The van der Waals surface area contributed by atoms with Crippen LogP contribution in [0.1, 0.15) is 44.1 Å². The summed E-state index contributed by atoms with van der Waals surface area (Å²) in [5, 5.41) is 0. The fourth-order valence-electron chi connectivity index (χ4n) is 3.60. The Labute approximate surface area is 139 Å². The molecule has 2 heteroatoms. The van der Waals surface area contributed by atoms with E-state index in [-0.39, 0.29) is 0 Å². The third-order valence-corrected chi connectivity index (χ3v) is 5.25. The molecule has 0 aromatic heterocycles. The second kappa shape index (κ2) is 7.30. The van der Waals surface area contributed by atoms with Gasteiger partial charge in [0.15, 0.2) is 0 Å². The molecule has 0 saturated carbocycles. The van der Waals surface area contributed by atoms with Crippen molar-refractivity contribution < 1.29 is 0 Å². The van der Waals surface area contributed by atoms with Gasteiger partial charge in [-0.25, -0.2) is 4.42 Å². The van der Waals surface area contributed by atoms with E-state index in [1.165, 1.54) is 36.0 Å². The Morgan fingerprint density at radius 3 is 2.32 bits per heavy atom. The van der Waals surface area contributed by atoms with Crippen molar-refractivity contribution in [3.63, 3.8) is 0 Å². The van der Waals surface area contributed by atoms with E-state index in [1.54, 1.807) is 0 Å². The maximum Gasteiger partial charge on any atom is 0.0320 e. The average Bonchev–Trinajstić information content (AvgIpc) is 2.59. The smallest absolute Gasteiger partial charge is 0.0320 e. The summed E-state index contributed by atoms with van der Waals surface area (Å²) in [6.45, 7) is 3.29. The molecule has 0 amide bonds. The number of nitrogens with zero attached hydrogens (tertiary/aromatic N) is 1. The van der Waals surface area contributed by atoms with Crippen molar-refractivity contribution in [1.82, 2.24) is 4.42 Å². The lowest BCUT2D eigenvalue weighted by Crippen LogP contribution is -2.37. The first kappa shape index (κ1) is 15.6. The van der Waals surface area contributed by atoms with Crippen LogP contribution in [0, 0.1) is 0 Å². The van der Waals surface area contributed by atoms with E-state index < -0.39 is 0 Å². The summed E-state index contributed by atoms with van der Waals surface area (Å²) in [7, 11) is 0. The highest BCUT2D eigenvalue weighted by atomic mass is 35.5. The van der Waals surface area contributed by atoms with Crippen molar-refractivity contribution in [3.8, 4) is 11.1 Å². The second-order valence-corrected chi connectivity index (χ2v) is 6.62. The number of piperidine rings is 1. The van der Waals surface area contributed by atoms with Crippen molar-refractivity contribution in [3.05, 3.63) is 60.2 Å². The molecule has 0 bridgehead atoms. The van der Waals surface area contributed by atoms with Crippen molar-refractivity contribution in [2.45, 2.75) is 44.6 Å². The second-order valence-electron chi connectivity index (χ2n) is 6.19. The maximum absolute atomic E-state index is 6.47. The van der Waals surface area contributed by atoms with Gasteiger partial charge in [0.25, 0.3) is 0 Å². The zero-order valence-corrected chi connectivity index (χ0v) is 14.0.